The monoisotopic (exact) mass is 252 g/mol. The van der Waals surface area contributed by atoms with Gasteiger partial charge in [-0.2, -0.15) is 0 Å². The molecule has 0 saturated carbocycles. The Morgan fingerprint density at radius 3 is 2.82 bits per heavy atom. The first kappa shape index (κ1) is 11.8. The second-order valence-corrected chi connectivity index (χ2v) is 4.54. The number of nitrogens with one attached hydrogen (secondary N) is 3. The highest BCUT2D eigenvalue weighted by molar-refractivity contribution is 7.00. The molecule has 2 aliphatic rings. The van der Waals surface area contributed by atoms with Crippen molar-refractivity contribution in [1.82, 2.24) is 18.3 Å². The fourth-order valence-corrected chi connectivity index (χ4v) is 2.45. The third kappa shape index (κ3) is 1.97. The molecule has 0 aromatic carbocycles. The zero-order valence-electron chi connectivity index (χ0n) is 10.2. The summed E-state index contributed by atoms with van der Waals surface area (Å²) in [5.41, 5.74) is 10.0. The summed E-state index contributed by atoms with van der Waals surface area (Å²) in [5, 5.41) is 3.49. The molecule has 6 nitrogen and oxygen atoms in total. The number of H-pyrrole nitrogens is 2. The molecule has 0 aromatic rings. The zero-order valence-corrected chi connectivity index (χ0v) is 11.0. The van der Waals surface area contributed by atoms with E-state index in [4.69, 9.17) is 5.53 Å². The van der Waals surface area contributed by atoms with Crippen LogP contribution in [0.4, 0.5) is 5.82 Å². The van der Waals surface area contributed by atoms with Crippen LogP contribution < -0.4 is 0 Å². The van der Waals surface area contributed by atoms with Crippen LogP contribution in [-0.2, 0) is 13.0 Å². The average molecular weight is 252 g/mol. The third-order valence-electron chi connectivity index (χ3n) is 2.67. The van der Waals surface area contributed by atoms with Gasteiger partial charge in [0.15, 0.2) is 11.6 Å². The van der Waals surface area contributed by atoms with Gasteiger partial charge in [-0.05, 0) is 20.3 Å². The predicted molar refractivity (Wildman–Crippen MR) is 67.7 cm³/mol. The van der Waals surface area contributed by atoms with E-state index in [0.29, 0.717) is 5.82 Å². The molecule has 0 amide bonds. The molecule has 2 rings (SSSR count). The van der Waals surface area contributed by atoms with Crippen LogP contribution in [0.3, 0.4) is 0 Å². The molecular formula is C10H16N6S. The first-order chi connectivity index (χ1) is 8.21. The summed E-state index contributed by atoms with van der Waals surface area (Å²) in [6.07, 6.45) is 0.888. The number of aryl methyl sites for hydroxylation is 3. The topological polar surface area (TPSA) is 85.6 Å². The van der Waals surface area contributed by atoms with Gasteiger partial charge in [0.1, 0.15) is 5.69 Å². The van der Waals surface area contributed by atoms with E-state index in [-0.39, 0.29) is 0 Å². The van der Waals surface area contributed by atoms with Crippen LogP contribution in [0.25, 0.3) is 11.5 Å². The molecule has 0 radical (unpaired) electrons. The van der Waals surface area contributed by atoms with Crippen molar-refractivity contribution in [3.63, 3.8) is 0 Å². The molecule has 0 aliphatic carbocycles. The molecule has 0 atom stereocenters. The fourth-order valence-electron chi connectivity index (χ4n) is 1.76. The fraction of sp³-hybridized carbons (Fsp3) is 0.500. The van der Waals surface area contributed by atoms with Gasteiger partial charge in [0, 0.05) is 24.0 Å². The summed E-state index contributed by atoms with van der Waals surface area (Å²) in [7, 11) is 0. The molecule has 2 aliphatic heterocycles. The molecule has 0 saturated heterocycles. The van der Waals surface area contributed by atoms with E-state index >= 15 is 0 Å². The Balaban J connectivity index is 2.80. The summed E-state index contributed by atoms with van der Waals surface area (Å²) in [5.74, 6) is 1.37. The number of nitrogens with zero attached hydrogens (tertiary/aromatic N) is 3. The van der Waals surface area contributed by atoms with E-state index < -0.39 is 0 Å². The maximum absolute atomic E-state index is 7.17. The lowest BCUT2D eigenvalue weighted by molar-refractivity contribution is 0.793. The number of aromatic amines is 2. The minimum Gasteiger partial charge on any atom is -0.351 e. The van der Waals surface area contributed by atoms with Crippen LogP contribution in [0, 0.1) is 12.5 Å². The van der Waals surface area contributed by atoms with E-state index in [9.17, 15) is 0 Å². The van der Waals surface area contributed by atoms with Gasteiger partial charge >= 0.3 is 0 Å². The minimum absolute atomic E-state index is 0.521. The number of aromatic nitrogens is 4. The quantitative estimate of drug-likeness (QED) is 0.718. The molecule has 3 N–H and O–H groups in total. The SMILES string of the molecule is CCc1nc2n(CC)s[nH]c(N=N)c-2[nH]c1C. The lowest BCUT2D eigenvalue weighted by Crippen LogP contribution is -2.09. The van der Waals surface area contributed by atoms with E-state index in [2.05, 4.69) is 33.3 Å². The van der Waals surface area contributed by atoms with Crippen LogP contribution in [0.5, 0.6) is 0 Å². The minimum atomic E-state index is 0.521. The lowest BCUT2D eigenvalue weighted by Gasteiger charge is -2.16. The van der Waals surface area contributed by atoms with Crippen LogP contribution in [0.1, 0.15) is 25.2 Å². The molecule has 2 heterocycles. The van der Waals surface area contributed by atoms with Gasteiger partial charge in [0.25, 0.3) is 0 Å². The molecule has 92 valence electrons. The molecule has 0 bridgehead atoms. The smallest absolute Gasteiger partial charge is 0.189 e. The van der Waals surface area contributed by atoms with Crippen molar-refractivity contribution in [2.24, 2.45) is 5.11 Å². The van der Waals surface area contributed by atoms with E-state index in [0.717, 1.165) is 35.9 Å². The number of rotatable bonds is 3. The highest BCUT2D eigenvalue weighted by Gasteiger charge is 2.16. The summed E-state index contributed by atoms with van der Waals surface area (Å²) in [6, 6.07) is 0. The highest BCUT2D eigenvalue weighted by atomic mass is 32.1. The van der Waals surface area contributed by atoms with Gasteiger partial charge < -0.3 is 4.98 Å². The van der Waals surface area contributed by atoms with Gasteiger partial charge in [-0.15, -0.1) is 5.11 Å². The first-order valence-electron chi connectivity index (χ1n) is 5.59. The normalized spacial score (nSPS) is 10.8. The third-order valence-corrected chi connectivity index (χ3v) is 3.61. The lowest BCUT2D eigenvalue weighted by atomic mass is 10.2. The van der Waals surface area contributed by atoms with Gasteiger partial charge in [-0.3, -0.25) is 8.33 Å². The van der Waals surface area contributed by atoms with Crippen LogP contribution >= 0.6 is 11.7 Å². The van der Waals surface area contributed by atoms with Crippen molar-refractivity contribution in [1.29, 1.82) is 5.53 Å². The van der Waals surface area contributed by atoms with Crippen molar-refractivity contribution in [3.05, 3.63) is 11.4 Å². The van der Waals surface area contributed by atoms with Gasteiger partial charge in [0.05, 0.1) is 5.69 Å². The largest absolute Gasteiger partial charge is 0.351 e. The Kier molecular flexibility index (Phi) is 3.28. The molecular weight excluding hydrogens is 236 g/mol. The summed E-state index contributed by atoms with van der Waals surface area (Å²) in [4.78, 5) is 7.93. The second kappa shape index (κ2) is 4.70. The zero-order chi connectivity index (χ0) is 12.4. The predicted octanol–water partition coefficient (Wildman–Crippen LogP) is 3.38. The Morgan fingerprint density at radius 2 is 2.24 bits per heavy atom. The summed E-state index contributed by atoms with van der Waals surface area (Å²) < 4.78 is 5.07. The van der Waals surface area contributed by atoms with Crippen molar-refractivity contribution >= 4 is 17.5 Å². The molecule has 17 heavy (non-hydrogen) atoms. The Hall–Kier alpha value is -1.63. The maximum Gasteiger partial charge on any atom is 0.189 e. The summed E-state index contributed by atoms with van der Waals surface area (Å²) >= 11 is 1.41. The van der Waals surface area contributed by atoms with E-state index in [1.54, 1.807) is 0 Å². The average Bonchev–Trinajstić information content (AvgIpc) is 2.36. The molecule has 0 unspecified atom stereocenters. The molecule has 0 spiro atoms. The van der Waals surface area contributed by atoms with Crippen LogP contribution in [-0.4, -0.2) is 18.3 Å². The molecule has 7 heteroatoms. The van der Waals surface area contributed by atoms with E-state index in [1.807, 2.05) is 10.9 Å². The van der Waals surface area contributed by atoms with Crippen molar-refractivity contribution in [2.45, 2.75) is 33.7 Å². The van der Waals surface area contributed by atoms with E-state index in [1.165, 1.54) is 11.7 Å². The van der Waals surface area contributed by atoms with Gasteiger partial charge in [-0.1, -0.05) is 6.92 Å². The van der Waals surface area contributed by atoms with Crippen molar-refractivity contribution in [3.8, 4) is 11.5 Å². The number of hydrogen-bond acceptors (Lipinski definition) is 4. The Labute approximate surface area is 104 Å². The number of hydrogen-bond donors (Lipinski definition) is 3. The van der Waals surface area contributed by atoms with Crippen molar-refractivity contribution in [2.75, 3.05) is 0 Å². The molecule has 0 fully saturated rings. The molecule has 0 aromatic heterocycles. The number of fused-ring (bicyclic) bond motifs is 1. The van der Waals surface area contributed by atoms with Gasteiger partial charge in [-0.25, -0.2) is 10.5 Å². The standard InChI is InChI=1S/C10H16N6S/c1-4-7-6(3)12-8-9(14-11)15-17-16(5-2)10(8)13-7/h11-12,15H,4-5H2,1-3H3. The maximum atomic E-state index is 7.17. The Bertz CT molecular complexity index is 541. The highest BCUT2D eigenvalue weighted by Crippen LogP contribution is 2.29. The van der Waals surface area contributed by atoms with Crippen molar-refractivity contribution < 1.29 is 0 Å². The van der Waals surface area contributed by atoms with Crippen LogP contribution in [0.2, 0.25) is 0 Å². The van der Waals surface area contributed by atoms with Gasteiger partial charge in [0.2, 0.25) is 0 Å². The van der Waals surface area contributed by atoms with Crippen LogP contribution in [0.15, 0.2) is 5.11 Å². The summed E-state index contributed by atoms with van der Waals surface area (Å²) in [6.45, 7) is 6.97. The second-order valence-electron chi connectivity index (χ2n) is 3.71. The first-order valence-corrected chi connectivity index (χ1v) is 6.36. The Morgan fingerprint density at radius 1 is 1.47 bits per heavy atom.